The molecule has 0 heterocycles. The lowest BCUT2D eigenvalue weighted by molar-refractivity contribution is -0.145. The predicted octanol–water partition coefficient (Wildman–Crippen LogP) is 3.73. The molecule has 0 aliphatic rings. The van der Waals surface area contributed by atoms with E-state index in [1.54, 1.807) is 0 Å². The number of benzene rings is 1. The number of ether oxygens (including phenoxy) is 1. The van der Waals surface area contributed by atoms with Crippen LogP contribution in [0.4, 0.5) is 5.69 Å². The Bertz CT molecular complexity index is 427. The third-order valence-corrected chi connectivity index (χ3v) is 3.48. The van der Waals surface area contributed by atoms with Crippen LogP contribution in [0.1, 0.15) is 44.2 Å². The standard InChI is InChI=1S/C16H25NO2/c1-6-13(16(18)19-5)10-17-15-12(4)8-7-9-14(15)11(2)3/h7-9,11,13,17H,6,10H2,1-5H3. The zero-order valence-corrected chi connectivity index (χ0v) is 12.6. The molecule has 0 saturated carbocycles. The van der Waals surface area contributed by atoms with E-state index in [9.17, 15) is 4.79 Å². The first-order valence-corrected chi connectivity index (χ1v) is 6.92. The summed E-state index contributed by atoms with van der Waals surface area (Å²) in [6.07, 6.45) is 0.780. The van der Waals surface area contributed by atoms with Crippen molar-refractivity contribution in [2.45, 2.75) is 40.0 Å². The fourth-order valence-corrected chi connectivity index (χ4v) is 2.20. The van der Waals surface area contributed by atoms with Crippen LogP contribution in [-0.4, -0.2) is 19.6 Å². The highest BCUT2D eigenvalue weighted by Gasteiger charge is 2.18. The van der Waals surface area contributed by atoms with Crippen molar-refractivity contribution < 1.29 is 9.53 Å². The van der Waals surface area contributed by atoms with Gasteiger partial charge in [0.2, 0.25) is 0 Å². The van der Waals surface area contributed by atoms with E-state index in [0.29, 0.717) is 12.5 Å². The number of carbonyl (C=O) groups excluding carboxylic acids is 1. The third kappa shape index (κ3) is 3.98. The van der Waals surface area contributed by atoms with E-state index >= 15 is 0 Å². The molecule has 0 aliphatic carbocycles. The van der Waals surface area contributed by atoms with Gasteiger partial charge < -0.3 is 10.1 Å². The van der Waals surface area contributed by atoms with Gasteiger partial charge >= 0.3 is 5.97 Å². The lowest BCUT2D eigenvalue weighted by atomic mass is 9.97. The van der Waals surface area contributed by atoms with E-state index in [2.05, 4.69) is 44.3 Å². The molecule has 0 saturated heterocycles. The van der Waals surface area contributed by atoms with E-state index in [1.807, 2.05) is 6.92 Å². The Labute approximate surface area is 116 Å². The number of hydrogen-bond acceptors (Lipinski definition) is 3. The zero-order valence-electron chi connectivity index (χ0n) is 12.6. The van der Waals surface area contributed by atoms with Crippen molar-refractivity contribution in [3.05, 3.63) is 29.3 Å². The Hall–Kier alpha value is -1.51. The molecule has 0 bridgehead atoms. The van der Waals surface area contributed by atoms with Gasteiger partial charge in [-0.15, -0.1) is 0 Å². The van der Waals surface area contributed by atoms with Crippen LogP contribution in [0.3, 0.4) is 0 Å². The van der Waals surface area contributed by atoms with Crippen LogP contribution in [-0.2, 0) is 9.53 Å². The summed E-state index contributed by atoms with van der Waals surface area (Å²) in [6.45, 7) is 9.07. The van der Waals surface area contributed by atoms with Crippen LogP contribution in [0.25, 0.3) is 0 Å². The first-order chi connectivity index (χ1) is 9.01. The minimum Gasteiger partial charge on any atom is -0.469 e. The van der Waals surface area contributed by atoms with E-state index in [4.69, 9.17) is 4.74 Å². The smallest absolute Gasteiger partial charge is 0.310 e. The number of hydrogen-bond donors (Lipinski definition) is 1. The van der Waals surface area contributed by atoms with Gasteiger partial charge in [-0.2, -0.15) is 0 Å². The van der Waals surface area contributed by atoms with Gasteiger partial charge in [0.05, 0.1) is 13.0 Å². The summed E-state index contributed by atoms with van der Waals surface area (Å²) in [6, 6.07) is 6.31. The molecule has 0 aliphatic heterocycles. The molecule has 0 radical (unpaired) electrons. The quantitative estimate of drug-likeness (QED) is 0.795. The van der Waals surface area contributed by atoms with Crippen LogP contribution in [0.2, 0.25) is 0 Å². The average molecular weight is 263 g/mol. The molecule has 1 rings (SSSR count). The van der Waals surface area contributed by atoms with Gasteiger partial charge in [-0.1, -0.05) is 39.0 Å². The topological polar surface area (TPSA) is 38.3 Å². The summed E-state index contributed by atoms with van der Waals surface area (Å²) in [7, 11) is 1.44. The average Bonchev–Trinajstić information content (AvgIpc) is 2.40. The minimum absolute atomic E-state index is 0.0929. The van der Waals surface area contributed by atoms with Crippen LogP contribution in [0.15, 0.2) is 18.2 Å². The molecule has 0 spiro atoms. The lowest BCUT2D eigenvalue weighted by Crippen LogP contribution is -2.24. The van der Waals surface area contributed by atoms with Crippen molar-refractivity contribution in [3.63, 3.8) is 0 Å². The molecule has 1 N–H and O–H groups in total. The number of aryl methyl sites for hydroxylation is 1. The molecule has 1 atom stereocenters. The first-order valence-electron chi connectivity index (χ1n) is 6.92. The highest BCUT2D eigenvalue weighted by Crippen LogP contribution is 2.27. The van der Waals surface area contributed by atoms with Crippen molar-refractivity contribution in [2.24, 2.45) is 5.92 Å². The van der Waals surface area contributed by atoms with Gasteiger partial charge in [-0.3, -0.25) is 4.79 Å². The van der Waals surface area contributed by atoms with Crippen molar-refractivity contribution in [1.82, 2.24) is 0 Å². The second kappa shape index (κ2) is 7.17. The maximum atomic E-state index is 11.6. The fourth-order valence-electron chi connectivity index (χ4n) is 2.20. The van der Waals surface area contributed by atoms with Crippen molar-refractivity contribution in [2.75, 3.05) is 19.0 Å². The molecule has 0 aromatic heterocycles. The maximum Gasteiger partial charge on any atom is 0.310 e. The van der Waals surface area contributed by atoms with E-state index in [-0.39, 0.29) is 11.9 Å². The predicted molar refractivity (Wildman–Crippen MR) is 79.6 cm³/mol. The van der Waals surface area contributed by atoms with Crippen molar-refractivity contribution >= 4 is 11.7 Å². The van der Waals surface area contributed by atoms with Gasteiger partial charge in [0.1, 0.15) is 0 Å². The normalized spacial score (nSPS) is 12.3. The Balaban J connectivity index is 2.84. The lowest BCUT2D eigenvalue weighted by Gasteiger charge is -2.20. The molecular weight excluding hydrogens is 238 g/mol. The molecule has 1 aromatic carbocycles. The molecule has 0 amide bonds. The summed E-state index contributed by atoms with van der Waals surface area (Å²) < 4.78 is 4.82. The van der Waals surface area contributed by atoms with E-state index in [0.717, 1.165) is 12.1 Å². The second-order valence-corrected chi connectivity index (χ2v) is 5.20. The largest absolute Gasteiger partial charge is 0.469 e. The second-order valence-electron chi connectivity index (χ2n) is 5.20. The number of esters is 1. The van der Waals surface area contributed by atoms with Crippen LogP contribution in [0, 0.1) is 12.8 Å². The van der Waals surface area contributed by atoms with Crippen LogP contribution < -0.4 is 5.32 Å². The monoisotopic (exact) mass is 263 g/mol. The van der Waals surface area contributed by atoms with Crippen LogP contribution >= 0.6 is 0 Å². The Morgan fingerprint density at radius 1 is 1.37 bits per heavy atom. The number of carbonyl (C=O) groups is 1. The highest BCUT2D eigenvalue weighted by atomic mass is 16.5. The van der Waals surface area contributed by atoms with E-state index < -0.39 is 0 Å². The van der Waals surface area contributed by atoms with Gasteiger partial charge in [0.25, 0.3) is 0 Å². The SMILES string of the molecule is CCC(CNc1c(C)cccc1C(C)C)C(=O)OC. The van der Waals surface area contributed by atoms with E-state index in [1.165, 1.54) is 18.2 Å². The maximum absolute atomic E-state index is 11.6. The third-order valence-electron chi connectivity index (χ3n) is 3.48. The summed E-state index contributed by atoms with van der Waals surface area (Å²) in [5.74, 6) is 0.222. The Morgan fingerprint density at radius 3 is 2.58 bits per heavy atom. The number of para-hydroxylation sites is 1. The molecule has 0 fully saturated rings. The fraction of sp³-hybridized carbons (Fsp3) is 0.562. The minimum atomic E-state index is -0.144. The number of anilines is 1. The van der Waals surface area contributed by atoms with Gasteiger partial charge in [0.15, 0.2) is 0 Å². The molecule has 19 heavy (non-hydrogen) atoms. The summed E-state index contributed by atoms with van der Waals surface area (Å²) in [5, 5.41) is 3.43. The van der Waals surface area contributed by atoms with Gasteiger partial charge in [0, 0.05) is 12.2 Å². The Kier molecular flexibility index (Phi) is 5.87. The molecule has 3 nitrogen and oxygen atoms in total. The van der Waals surface area contributed by atoms with Crippen molar-refractivity contribution in [1.29, 1.82) is 0 Å². The van der Waals surface area contributed by atoms with Crippen LogP contribution in [0.5, 0.6) is 0 Å². The summed E-state index contributed by atoms with van der Waals surface area (Å²) in [4.78, 5) is 11.6. The molecule has 1 unspecified atom stereocenters. The molecule has 3 heteroatoms. The molecule has 1 aromatic rings. The zero-order chi connectivity index (χ0) is 14.4. The summed E-state index contributed by atoms with van der Waals surface area (Å²) >= 11 is 0. The highest BCUT2D eigenvalue weighted by molar-refractivity contribution is 5.73. The number of methoxy groups -OCH3 is 1. The number of rotatable bonds is 6. The van der Waals surface area contributed by atoms with Crippen molar-refractivity contribution in [3.8, 4) is 0 Å². The first kappa shape index (κ1) is 15.5. The molecule has 106 valence electrons. The number of nitrogens with one attached hydrogen (secondary N) is 1. The molecular formula is C16H25NO2. The van der Waals surface area contributed by atoms with Gasteiger partial charge in [-0.25, -0.2) is 0 Å². The van der Waals surface area contributed by atoms with Gasteiger partial charge in [-0.05, 0) is 30.4 Å². The Morgan fingerprint density at radius 2 is 2.05 bits per heavy atom. The summed E-state index contributed by atoms with van der Waals surface area (Å²) in [5.41, 5.74) is 3.66.